The highest BCUT2D eigenvalue weighted by atomic mass is 31.1. The molecule has 0 amide bonds. The molecule has 2 aromatic heterocycles. The van der Waals surface area contributed by atoms with E-state index in [-0.39, 0.29) is 21.7 Å². The molecule has 0 spiro atoms. The van der Waals surface area contributed by atoms with Gasteiger partial charge in [-0.1, -0.05) is 168 Å². The molecule has 0 N–H and O–H groups in total. The van der Waals surface area contributed by atoms with Crippen LogP contribution >= 0.6 is 16.5 Å². The lowest BCUT2D eigenvalue weighted by Gasteiger charge is -2.30. The normalized spacial score (nSPS) is 12.6. The van der Waals surface area contributed by atoms with Crippen LogP contribution in [-0.2, 0) is 21.7 Å². The van der Waals surface area contributed by atoms with Crippen LogP contribution in [0, 0.1) is 0 Å². The summed E-state index contributed by atoms with van der Waals surface area (Å²) in [7, 11) is -3.93. The monoisotopic (exact) mass is 894 g/mol. The van der Waals surface area contributed by atoms with Crippen LogP contribution < -0.4 is 9.05 Å². The maximum absolute atomic E-state index is 7.29. The van der Waals surface area contributed by atoms with E-state index in [0.29, 0.717) is 22.7 Å². The van der Waals surface area contributed by atoms with Gasteiger partial charge >= 0.3 is 16.5 Å². The molecule has 0 saturated heterocycles. The molecule has 0 bridgehead atoms. The zero-order valence-corrected chi connectivity index (χ0v) is 41.5. The largest absolute Gasteiger partial charge is 0.453 e. The number of hydrogen-bond donors (Lipinski definition) is 0. The summed E-state index contributed by atoms with van der Waals surface area (Å²) in [6.45, 7) is 27.7. The van der Waals surface area contributed by atoms with Crippen molar-refractivity contribution in [3.63, 3.8) is 0 Å². The summed E-state index contributed by atoms with van der Waals surface area (Å²) < 4.78 is 41.4. The third-order valence-corrected chi connectivity index (χ3v) is 16.2. The topological polar surface area (TPSA) is 71.0 Å². The highest BCUT2D eigenvalue weighted by Gasteiger charge is 2.32. The molecule has 0 aliphatic heterocycles. The number of hydrogen-bond acceptors (Lipinski definition) is 6. The number of benzene rings is 6. The highest BCUT2D eigenvalue weighted by molar-refractivity contribution is 7.32. The van der Waals surface area contributed by atoms with Gasteiger partial charge in [0, 0.05) is 43.8 Å². The molecular formula is C56H64O6P2. The molecule has 8 heteroatoms. The fourth-order valence-electron chi connectivity index (χ4n) is 8.09. The van der Waals surface area contributed by atoms with Crippen molar-refractivity contribution in [2.45, 2.75) is 130 Å². The summed E-state index contributed by atoms with van der Waals surface area (Å²) in [6, 6.07) is 41.5. The van der Waals surface area contributed by atoms with Crippen molar-refractivity contribution in [1.82, 2.24) is 0 Å². The van der Waals surface area contributed by atoms with Crippen LogP contribution in [-0.4, -0.2) is 0 Å². The number of rotatable bonds is 13. The van der Waals surface area contributed by atoms with E-state index >= 15 is 0 Å². The van der Waals surface area contributed by atoms with Gasteiger partial charge in [-0.25, -0.2) is 0 Å². The van der Waals surface area contributed by atoms with Gasteiger partial charge in [-0.05, 0) is 94.9 Å². The Morgan fingerprint density at radius 2 is 0.734 bits per heavy atom. The molecule has 0 aliphatic carbocycles. The molecule has 6 nitrogen and oxygen atoms in total. The first kappa shape index (κ1) is 45.3. The fourth-order valence-corrected chi connectivity index (χ4v) is 10.3. The molecule has 2 heterocycles. The van der Waals surface area contributed by atoms with Gasteiger partial charge < -0.3 is 25.8 Å². The Morgan fingerprint density at radius 1 is 0.391 bits per heavy atom. The first-order valence-electron chi connectivity index (χ1n) is 22.9. The van der Waals surface area contributed by atoms with Crippen LogP contribution in [0.2, 0.25) is 0 Å². The van der Waals surface area contributed by atoms with E-state index in [9.17, 15) is 0 Å². The van der Waals surface area contributed by atoms with Crippen molar-refractivity contribution in [3.05, 3.63) is 144 Å². The fraction of sp³-hybridized carbons (Fsp3) is 0.357. The molecule has 0 aliphatic rings. The summed E-state index contributed by atoms with van der Waals surface area (Å²) in [6.07, 6.45) is 3.85. The summed E-state index contributed by atoms with van der Waals surface area (Å²) in [4.78, 5) is 0. The zero-order chi connectivity index (χ0) is 45.6. The molecule has 334 valence electrons. The Balaban J connectivity index is 1.38. The molecule has 0 fully saturated rings. The van der Waals surface area contributed by atoms with Crippen LogP contribution in [0.3, 0.4) is 0 Å². The van der Waals surface area contributed by atoms with Crippen molar-refractivity contribution < 1.29 is 25.8 Å². The maximum atomic E-state index is 7.29. The Labute approximate surface area is 381 Å². The van der Waals surface area contributed by atoms with Crippen LogP contribution in [0.1, 0.15) is 131 Å². The lowest BCUT2D eigenvalue weighted by molar-refractivity contribution is 0.469. The van der Waals surface area contributed by atoms with Crippen molar-refractivity contribution in [2.24, 2.45) is 0 Å². The lowest BCUT2D eigenvalue weighted by atomic mass is 9.74. The molecule has 64 heavy (non-hydrogen) atoms. The lowest BCUT2D eigenvalue weighted by Crippen LogP contribution is -2.21. The van der Waals surface area contributed by atoms with Gasteiger partial charge in [0.2, 0.25) is 0 Å². The van der Waals surface area contributed by atoms with Crippen LogP contribution in [0.15, 0.2) is 138 Å². The van der Waals surface area contributed by atoms with Crippen LogP contribution in [0.4, 0.5) is 0 Å². The third-order valence-electron chi connectivity index (χ3n) is 14.2. The second-order valence-electron chi connectivity index (χ2n) is 19.7. The SMILES string of the molecule is CCC(C)(C)c1cc(C(C)(C)CC)c2op(Oc3ccccc3-c3ccccc3Op3oc4ccccc4c4ccccc4o3)oc3c(C(C)(C)CC)cc(C(C)(C)CC)cc3c2c1. The Kier molecular flexibility index (Phi) is 12.5. The van der Waals surface area contributed by atoms with E-state index in [0.717, 1.165) is 80.6 Å². The van der Waals surface area contributed by atoms with Gasteiger partial charge in [0.1, 0.15) is 33.8 Å². The van der Waals surface area contributed by atoms with E-state index in [1.165, 1.54) is 11.1 Å². The minimum absolute atomic E-state index is 0.0662. The van der Waals surface area contributed by atoms with E-state index in [2.05, 4.69) is 113 Å². The quantitative estimate of drug-likeness (QED) is 0.115. The summed E-state index contributed by atoms with van der Waals surface area (Å²) in [5, 5.41) is 4.03. The number of para-hydroxylation sites is 4. The van der Waals surface area contributed by atoms with Gasteiger partial charge in [0.05, 0.1) is 0 Å². The standard InChI is InChI=1S/C56H64O6P2/c1-13-53(5,6)37-33-43-44-34-38(54(7,8)14-2)36-46(56(11,12)16-4)52(44)62-64(61-51(43)45(35-37)55(9,10)15-3)60-50-32-24-20-28-42(50)41-27-19-23-31-49(41)59-63-57-47-29-21-17-25-39(47)40-26-18-22-30-48(40)58-63/h17-36H,13-16H2,1-12H3. The minimum Gasteiger partial charge on any atom is -0.390 e. The average Bonchev–Trinajstić information content (AvgIpc) is 3.55. The van der Waals surface area contributed by atoms with Crippen molar-refractivity contribution in [3.8, 4) is 22.6 Å². The van der Waals surface area contributed by atoms with E-state index in [4.69, 9.17) is 25.8 Å². The second kappa shape index (κ2) is 17.6. The summed E-state index contributed by atoms with van der Waals surface area (Å²) in [5.41, 5.74) is 9.07. The highest BCUT2D eigenvalue weighted by Crippen LogP contribution is 2.50. The van der Waals surface area contributed by atoms with E-state index < -0.39 is 16.5 Å². The summed E-state index contributed by atoms with van der Waals surface area (Å²) >= 11 is 0. The van der Waals surface area contributed by atoms with Crippen molar-refractivity contribution in [2.75, 3.05) is 0 Å². The summed E-state index contributed by atoms with van der Waals surface area (Å²) in [5.74, 6) is 1.21. The van der Waals surface area contributed by atoms with E-state index in [1.54, 1.807) is 0 Å². The zero-order valence-electron chi connectivity index (χ0n) is 39.7. The van der Waals surface area contributed by atoms with Gasteiger partial charge in [0.25, 0.3) is 0 Å². The first-order chi connectivity index (χ1) is 30.5. The minimum atomic E-state index is -2.05. The molecule has 6 aromatic carbocycles. The second-order valence-corrected chi connectivity index (χ2v) is 21.7. The Hall–Kier alpha value is -5.28. The third kappa shape index (κ3) is 8.65. The molecule has 8 aromatic rings. The smallest absolute Gasteiger partial charge is 0.390 e. The molecule has 0 radical (unpaired) electrons. The molecule has 0 saturated carbocycles. The molecule has 0 unspecified atom stereocenters. The first-order valence-corrected chi connectivity index (χ1v) is 25.1. The number of fused-ring (bicyclic) bond motifs is 6. The van der Waals surface area contributed by atoms with Gasteiger partial charge in [0.15, 0.2) is 0 Å². The molecule has 0 atom stereocenters. The van der Waals surface area contributed by atoms with Gasteiger partial charge in [-0.2, -0.15) is 0 Å². The average molecular weight is 895 g/mol. The predicted octanol–water partition coefficient (Wildman–Crippen LogP) is 19.0. The van der Waals surface area contributed by atoms with E-state index in [1.807, 2.05) is 91.0 Å². The molecule has 8 rings (SSSR count). The van der Waals surface area contributed by atoms with Crippen LogP contribution in [0.5, 0.6) is 11.5 Å². The van der Waals surface area contributed by atoms with Crippen molar-refractivity contribution >= 4 is 60.4 Å². The predicted molar refractivity (Wildman–Crippen MR) is 270 cm³/mol. The van der Waals surface area contributed by atoms with Crippen molar-refractivity contribution in [1.29, 1.82) is 0 Å². The molecular weight excluding hydrogens is 831 g/mol. The van der Waals surface area contributed by atoms with Crippen LogP contribution in [0.25, 0.3) is 55.0 Å². The Morgan fingerprint density at radius 3 is 1.12 bits per heavy atom. The van der Waals surface area contributed by atoms with Gasteiger partial charge in [-0.3, -0.25) is 0 Å². The Bertz CT molecular complexity index is 2920. The maximum Gasteiger partial charge on any atom is 0.453 e. The van der Waals surface area contributed by atoms with Gasteiger partial charge in [-0.15, -0.1) is 0 Å².